The molecule has 0 amide bonds. The topological polar surface area (TPSA) is 40.6 Å². The minimum Gasteiger partial charge on any atom is -0.296 e. The van der Waals surface area contributed by atoms with Gasteiger partial charge in [-0.3, -0.25) is 4.90 Å². The van der Waals surface area contributed by atoms with E-state index in [1.165, 1.54) is 24.7 Å². The Morgan fingerprint density at radius 3 is 2.81 bits per heavy atom. The molecule has 0 radical (unpaired) electrons. The molecule has 0 saturated carbocycles. The van der Waals surface area contributed by atoms with E-state index >= 15 is 0 Å². The largest absolute Gasteiger partial charge is 0.296 e. The van der Waals surface area contributed by atoms with Crippen LogP contribution in [0.5, 0.6) is 0 Å². The lowest BCUT2D eigenvalue weighted by molar-refractivity contribution is 0.169. The van der Waals surface area contributed by atoms with Crippen molar-refractivity contribution in [2.24, 2.45) is 5.92 Å². The standard InChI is InChI=1S/C15H24N2O2S2/c1-21(18,19)17-8-2-4-13(11-17)10-16-7-3-5-15(16)14-6-9-20-12-14/h6,9,12-13,15H,2-5,7-8,10-11H2,1H3/t13-,15+/m1/s1. The van der Waals surface area contributed by atoms with Gasteiger partial charge in [-0.25, -0.2) is 12.7 Å². The first-order chi connectivity index (χ1) is 10.0. The molecule has 2 saturated heterocycles. The van der Waals surface area contributed by atoms with Gasteiger partial charge in [-0.1, -0.05) is 0 Å². The predicted molar refractivity (Wildman–Crippen MR) is 87.0 cm³/mol. The van der Waals surface area contributed by atoms with Crippen molar-refractivity contribution in [3.05, 3.63) is 22.4 Å². The number of piperidine rings is 1. The molecule has 3 heterocycles. The van der Waals surface area contributed by atoms with E-state index in [0.29, 0.717) is 25.0 Å². The van der Waals surface area contributed by atoms with Crippen LogP contribution in [-0.4, -0.2) is 50.1 Å². The van der Waals surface area contributed by atoms with Crippen LogP contribution in [0.15, 0.2) is 16.8 Å². The van der Waals surface area contributed by atoms with Crippen molar-refractivity contribution in [2.45, 2.75) is 31.7 Å². The van der Waals surface area contributed by atoms with E-state index in [4.69, 9.17) is 0 Å². The third-order valence-electron chi connectivity index (χ3n) is 4.74. The first-order valence-electron chi connectivity index (χ1n) is 7.75. The maximum Gasteiger partial charge on any atom is 0.211 e. The summed E-state index contributed by atoms with van der Waals surface area (Å²) in [4.78, 5) is 2.57. The molecule has 0 unspecified atom stereocenters. The van der Waals surface area contributed by atoms with Crippen LogP contribution < -0.4 is 0 Å². The number of sulfonamides is 1. The first-order valence-corrected chi connectivity index (χ1v) is 10.5. The van der Waals surface area contributed by atoms with Gasteiger partial charge < -0.3 is 0 Å². The van der Waals surface area contributed by atoms with Gasteiger partial charge in [0.05, 0.1) is 6.26 Å². The molecule has 2 atom stereocenters. The van der Waals surface area contributed by atoms with Crippen molar-refractivity contribution in [1.29, 1.82) is 0 Å². The fourth-order valence-corrected chi connectivity index (χ4v) is 5.34. The maximum atomic E-state index is 11.7. The zero-order chi connectivity index (χ0) is 14.9. The van der Waals surface area contributed by atoms with Gasteiger partial charge in [-0.2, -0.15) is 11.3 Å². The Kier molecular flexibility index (Phi) is 4.69. The average molecular weight is 329 g/mol. The number of likely N-dealkylation sites (tertiary alicyclic amines) is 1. The number of hydrogen-bond donors (Lipinski definition) is 0. The number of rotatable bonds is 4. The minimum absolute atomic E-state index is 0.479. The first kappa shape index (κ1) is 15.5. The second kappa shape index (κ2) is 6.36. The third-order valence-corrected chi connectivity index (χ3v) is 6.71. The van der Waals surface area contributed by atoms with Gasteiger partial charge in [-0.05, 0) is 60.5 Å². The van der Waals surface area contributed by atoms with Gasteiger partial charge in [0, 0.05) is 25.7 Å². The Hall–Kier alpha value is -0.430. The molecule has 4 nitrogen and oxygen atoms in total. The predicted octanol–water partition coefficient (Wildman–Crippen LogP) is 2.56. The van der Waals surface area contributed by atoms with Crippen molar-refractivity contribution in [2.75, 3.05) is 32.4 Å². The van der Waals surface area contributed by atoms with Crippen LogP contribution >= 0.6 is 11.3 Å². The molecule has 1 aromatic rings. The van der Waals surface area contributed by atoms with Gasteiger partial charge >= 0.3 is 0 Å². The van der Waals surface area contributed by atoms with Crippen LogP contribution in [0.4, 0.5) is 0 Å². The molecule has 2 aliphatic rings. The van der Waals surface area contributed by atoms with E-state index in [9.17, 15) is 8.42 Å². The second-order valence-corrected chi connectivity index (χ2v) is 9.10. The zero-order valence-electron chi connectivity index (χ0n) is 12.6. The number of hydrogen-bond acceptors (Lipinski definition) is 4. The fourth-order valence-electron chi connectivity index (χ4n) is 3.70. The highest BCUT2D eigenvalue weighted by atomic mass is 32.2. The summed E-state index contributed by atoms with van der Waals surface area (Å²) in [5, 5.41) is 4.41. The van der Waals surface area contributed by atoms with Crippen LogP contribution in [0.2, 0.25) is 0 Å². The summed E-state index contributed by atoms with van der Waals surface area (Å²) in [5.74, 6) is 0.479. The SMILES string of the molecule is CS(=O)(=O)N1CCC[C@H](CN2CCC[C@H]2c2ccsc2)C1. The highest BCUT2D eigenvalue weighted by Crippen LogP contribution is 2.34. The van der Waals surface area contributed by atoms with Crippen molar-refractivity contribution in [3.63, 3.8) is 0 Å². The molecule has 0 aromatic carbocycles. The lowest BCUT2D eigenvalue weighted by Gasteiger charge is -2.35. The summed E-state index contributed by atoms with van der Waals surface area (Å²) < 4.78 is 25.1. The molecule has 0 spiro atoms. The van der Waals surface area contributed by atoms with Crippen LogP contribution in [0.1, 0.15) is 37.3 Å². The van der Waals surface area contributed by atoms with E-state index in [1.54, 1.807) is 15.6 Å². The average Bonchev–Trinajstić information content (AvgIpc) is 3.08. The smallest absolute Gasteiger partial charge is 0.211 e. The Morgan fingerprint density at radius 1 is 1.29 bits per heavy atom. The van der Waals surface area contributed by atoms with Crippen LogP contribution in [0.3, 0.4) is 0 Å². The molecule has 1 aromatic heterocycles. The molecule has 2 aliphatic heterocycles. The molecule has 21 heavy (non-hydrogen) atoms. The van der Waals surface area contributed by atoms with E-state index in [-0.39, 0.29) is 0 Å². The van der Waals surface area contributed by atoms with E-state index < -0.39 is 10.0 Å². The van der Waals surface area contributed by atoms with E-state index in [1.807, 2.05) is 0 Å². The molecular formula is C15H24N2O2S2. The lowest BCUT2D eigenvalue weighted by atomic mass is 9.98. The van der Waals surface area contributed by atoms with Crippen LogP contribution in [0, 0.1) is 5.92 Å². The number of nitrogens with zero attached hydrogens (tertiary/aromatic N) is 2. The Labute approximate surface area is 131 Å². The van der Waals surface area contributed by atoms with Crippen molar-refractivity contribution >= 4 is 21.4 Å². The van der Waals surface area contributed by atoms with Gasteiger partial charge in [0.1, 0.15) is 0 Å². The second-order valence-electron chi connectivity index (χ2n) is 6.34. The quantitative estimate of drug-likeness (QED) is 0.853. The molecule has 0 N–H and O–H groups in total. The van der Waals surface area contributed by atoms with Gasteiger partial charge in [-0.15, -0.1) is 0 Å². The van der Waals surface area contributed by atoms with Gasteiger partial charge in [0.25, 0.3) is 0 Å². The lowest BCUT2D eigenvalue weighted by Crippen LogP contribution is -2.43. The van der Waals surface area contributed by atoms with Crippen molar-refractivity contribution < 1.29 is 8.42 Å². The molecule has 2 fully saturated rings. The normalized spacial score (nSPS) is 29.0. The summed E-state index contributed by atoms with van der Waals surface area (Å²) in [5.41, 5.74) is 1.44. The monoisotopic (exact) mass is 328 g/mol. The number of thiophene rings is 1. The molecule has 0 aliphatic carbocycles. The zero-order valence-corrected chi connectivity index (χ0v) is 14.2. The minimum atomic E-state index is -3.03. The third kappa shape index (κ3) is 3.67. The maximum absolute atomic E-state index is 11.7. The fraction of sp³-hybridized carbons (Fsp3) is 0.733. The van der Waals surface area contributed by atoms with Gasteiger partial charge in [0.2, 0.25) is 10.0 Å². The summed E-state index contributed by atoms with van der Waals surface area (Å²) in [6.45, 7) is 3.58. The van der Waals surface area contributed by atoms with E-state index in [2.05, 4.69) is 21.7 Å². The molecule has 3 rings (SSSR count). The summed E-state index contributed by atoms with van der Waals surface area (Å²) in [6, 6.07) is 2.78. The van der Waals surface area contributed by atoms with Crippen LogP contribution in [0.25, 0.3) is 0 Å². The Balaban J connectivity index is 1.63. The molecule has 6 heteroatoms. The summed E-state index contributed by atoms with van der Waals surface area (Å²) in [7, 11) is -3.03. The highest BCUT2D eigenvalue weighted by Gasteiger charge is 2.31. The molecular weight excluding hydrogens is 304 g/mol. The Morgan fingerprint density at radius 2 is 2.10 bits per heavy atom. The van der Waals surface area contributed by atoms with E-state index in [0.717, 1.165) is 25.9 Å². The van der Waals surface area contributed by atoms with Crippen molar-refractivity contribution in [1.82, 2.24) is 9.21 Å². The summed E-state index contributed by atoms with van der Waals surface area (Å²) in [6.07, 6.45) is 5.97. The Bertz CT molecular complexity index is 556. The summed E-state index contributed by atoms with van der Waals surface area (Å²) >= 11 is 1.76. The van der Waals surface area contributed by atoms with Gasteiger partial charge in [0.15, 0.2) is 0 Å². The molecule has 118 valence electrons. The van der Waals surface area contributed by atoms with Crippen molar-refractivity contribution in [3.8, 4) is 0 Å². The highest BCUT2D eigenvalue weighted by molar-refractivity contribution is 7.88. The van der Waals surface area contributed by atoms with Crippen LogP contribution in [-0.2, 0) is 10.0 Å². The molecule has 0 bridgehead atoms.